The fourth-order valence-electron chi connectivity index (χ4n) is 2.67. The summed E-state index contributed by atoms with van der Waals surface area (Å²) in [5.74, 6) is -0.0906. The average molecular weight is 332 g/mol. The molecule has 6 nitrogen and oxygen atoms in total. The lowest BCUT2D eigenvalue weighted by Crippen LogP contribution is -2.34. The smallest absolute Gasteiger partial charge is 0.321 e. The van der Waals surface area contributed by atoms with Crippen molar-refractivity contribution in [1.29, 1.82) is 0 Å². The second-order valence-corrected chi connectivity index (χ2v) is 6.53. The molecule has 1 fully saturated rings. The van der Waals surface area contributed by atoms with Crippen molar-refractivity contribution in [2.75, 3.05) is 37.4 Å². The number of carbonyl (C=O) groups excluding carboxylic acids is 2. The highest BCUT2D eigenvalue weighted by Crippen LogP contribution is 2.27. The van der Waals surface area contributed by atoms with E-state index in [1.165, 1.54) is 4.90 Å². The number of carbonyl (C=O) groups is 2. The molecule has 2 rings (SSSR count). The first kappa shape index (κ1) is 18.1. The SMILES string of the molecule is CC[C@H](C)NC(=O)c1cc(NC(=O)N(C)C)ccc1N1CCCC1. The van der Waals surface area contributed by atoms with Gasteiger partial charge in [0, 0.05) is 44.6 Å². The summed E-state index contributed by atoms with van der Waals surface area (Å²) in [6.07, 6.45) is 3.17. The summed E-state index contributed by atoms with van der Waals surface area (Å²) < 4.78 is 0. The first-order valence-electron chi connectivity index (χ1n) is 8.60. The Hall–Kier alpha value is -2.24. The molecular formula is C18H28N4O2. The number of hydrogen-bond donors (Lipinski definition) is 2. The lowest BCUT2D eigenvalue weighted by molar-refractivity contribution is 0.0939. The summed E-state index contributed by atoms with van der Waals surface area (Å²) in [6.45, 7) is 5.96. The van der Waals surface area contributed by atoms with E-state index < -0.39 is 0 Å². The average Bonchev–Trinajstić information content (AvgIpc) is 3.08. The van der Waals surface area contributed by atoms with Crippen molar-refractivity contribution < 1.29 is 9.59 Å². The van der Waals surface area contributed by atoms with Gasteiger partial charge in [0.25, 0.3) is 5.91 Å². The highest BCUT2D eigenvalue weighted by molar-refractivity contribution is 6.02. The lowest BCUT2D eigenvalue weighted by atomic mass is 10.1. The van der Waals surface area contributed by atoms with Crippen molar-refractivity contribution in [3.8, 4) is 0 Å². The van der Waals surface area contributed by atoms with Gasteiger partial charge in [-0.25, -0.2) is 4.79 Å². The Bertz CT molecular complexity index is 595. The molecule has 132 valence electrons. The van der Waals surface area contributed by atoms with Gasteiger partial charge in [0.1, 0.15) is 0 Å². The zero-order chi connectivity index (χ0) is 17.7. The van der Waals surface area contributed by atoms with Crippen LogP contribution in [0.5, 0.6) is 0 Å². The normalized spacial score (nSPS) is 15.1. The molecule has 0 saturated carbocycles. The fourth-order valence-corrected chi connectivity index (χ4v) is 2.67. The molecule has 0 bridgehead atoms. The molecule has 0 aromatic heterocycles. The molecule has 1 aromatic carbocycles. The van der Waals surface area contributed by atoms with Gasteiger partial charge in [0.2, 0.25) is 0 Å². The van der Waals surface area contributed by atoms with Crippen LogP contribution in [0, 0.1) is 0 Å². The maximum absolute atomic E-state index is 12.7. The fraction of sp³-hybridized carbons (Fsp3) is 0.556. The minimum absolute atomic E-state index is 0.0906. The molecule has 1 aliphatic heterocycles. The van der Waals surface area contributed by atoms with Gasteiger partial charge in [-0.05, 0) is 44.4 Å². The summed E-state index contributed by atoms with van der Waals surface area (Å²) in [6, 6.07) is 5.46. The van der Waals surface area contributed by atoms with E-state index in [0.29, 0.717) is 11.3 Å². The van der Waals surface area contributed by atoms with Crippen LogP contribution in [0.3, 0.4) is 0 Å². The third-order valence-corrected chi connectivity index (χ3v) is 4.34. The van der Waals surface area contributed by atoms with Crippen molar-refractivity contribution in [2.45, 2.75) is 39.2 Å². The number of benzene rings is 1. The second kappa shape index (κ2) is 8.04. The molecule has 0 radical (unpaired) electrons. The Morgan fingerprint density at radius 2 is 1.92 bits per heavy atom. The van der Waals surface area contributed by atoms with Crippen molar-refractivity contribution in [2.24, 2.45) is 0 Å². The maximum Gasteiger partial charge on any atom is 0.321 e. The number of anilines is 2. The van der Waals surface area contributed by atoms with E-state index in [0.717, 1.165) is 38.0 Å². The van der Waals surface area contributed by atoms with Crippen LogP contribution in [0.15, 0.2) is 18.2 Å². The van der Waals surface area contributed by atoms with Gasteiger partial charge >= 0.3 is 6.03 Å². The third-order valence-electron chi connectivity index (χ3n) is 4.34. The van der Waals surface area contributed by atoms with Gasteiger partial charge in [-0.2, -0.15) is 0 Å². The molecule has 1 saturated heterocycles. The van der Waals surface area contributed by atoms with E-state index in [1.807, 2.05) is 26.0 Å². The first-order chi connectivity index (χ1) is 11.4. The van der Waals surface area contributed by atoms with E-state index >= 15 is 0 Å². The molecule has 0 spiro atoms. The van der Waals surface area contributed by atoms with Gasteiger partial charge in [-0.1, -0.05) is 6.92 Å². The summed E-state index contributed by atoms with van der Waals surface area (Å²) in [5, 5.41) is 5.83. The Balaban J connectivity index is 2.30. The molecule has 0 aliphatic carbocycles. The molecule has 1 aliphatic rings. The molecule has 1 aromatic rings. The quantitative estimate of drug-likeness (QED) is 0.871. The van der Waals surface area contributed by atoms with E-state index in [2.05, 4.69) is 15.5 Å². The van der Waals surface area contributed by atoms with Crippen molar-refractivity contribution in [3.63, 3.8) is 0 Å². The molecule has 1 heterocycles. The van der Waals surface area contributed by atoms with Gasteiger partial charge in [-0.3, -0.25) is 4.79 Å². The lowest BCUT2D eigenvalue weighted by Gasteiger charge is -2.23. The summed E-state index contributed by atoms with van der Waals surface area (Å²) in [4.78, 5) is 28.3. The number of rotatable bonds is 5. The van der Waals surface area contributed by atoms with Crippen molar-refractivity contribution in [3.05, 3.63) is 23.8 Å². The molecule has 1 atom stereocenters. The topological polar surface area (TPSA) is 64.7 Å². The zero-order valence-electron chi connectivity index (χ0n) is 15.1. The number of nitrogens with zero attached hydrogens (tertiary/aromatic N) is 2. The predicted octanol–water partition coefficient (Wildman–Crippen LogP) is 2.91. The van der Waals surface area contributed by atoms with Crippen molar-refractivity contribution >= 4 is 23.3 Å². The Morgan fingerprint density at radius 1 is 1.25 bits per heavy atom. The Morgan fingerprint density at radius 3 is 2.50 bits per heavy atom. The summed E-state index contributed by atoms with van der Waals surface area (Å²) in [5.41, 5.74) is 2.19. The molecule has 3 amide bonds. The van der Waals surface area contributed by atoms with Gasteiger partial charge in [0.15, 0.2) is 0 Å². The highest BCUT2D eigenvalue weighted by Gasteiger charge is 2.21. The predicted molar refractivity (Wildman–Crippen MR) is 97.8 cm³/mol. The van der Waals surface area contributed by atoms with Crippen LogP contribution in [0.2, 0.25) is 0 Å². The monoisotopic (exact) mass is 332 g/mol. The number of amides is 3. The first-order valence-corrected chi connectivity index (χ1v) is 8.60. The number of hydrogen-bond acceptors (Lipinski definition) is 3. The Labute approximate surface area is 144 Å². The van der Waals surface area contributed by atoms with Crippen LogP contribution < -0.4 is 15.5 Å². The van der Waals surface area contributed by atoms with E-state index in [1.54, 1.807) is 20.2 Å². The number of urea groups is 1. The Kier molecular flexibility index (Phi) is 6.06. The highest BCUT2D eigenvalue weighted by atomic mass is 16.2. The van der Waals surface area contributed by atoms with Crippen LogP contribution >= 0.6 is 0 Å². The number of nitrogens with one attached hydrogen (secondary N) is 2. The zero-order valence-corrected chi connectivity index (χ0v) is 15.1. The van der Waals surface area contributed by atoms with Crippen LogP contribution in [0.4, 0.5) is 16.2 Å². The van der Waals surface area contributed by atoms with Crippen LogP contribution in [0.25, 0.3) is 0 Å². The van der Waals surface area contributed by atoms with Gasteiger partial charge < -0.3 is 20.4 Å². The molecule has 2 N–H and O–H groups in total. The molecular weight excluding hydrogens is 304 g/mol. The molecule has 0 unspecified atom stereocenters. The second-order valence-electron chi connectivity index (χ2n) is 6.53. The maximum atomic E-state index is 12.7. The standard InChI is InChI=1S/C18H28N4O2/c1-5-13(2)19-17(23)15-12-14(20-18(24)21(3)4)8-9-16(15)22-10-6-7-11-22/h8-9,12-13H,5-7,10-11H2,1-4H3,(H,19,23)(H,20,24)/t13-/m0/s1. The van der Waals surface area contributed by atoms with Crippen LogP contribution in [0.1, 0.15) is 43.5 Å². The molecule has 6 heteroatoms. The van der Waals surface area contributed by atoms with Crippen LogP contribution in [-0.2, 0) is 0 Å². The van der Waals surface area contributed by atoms with Crippen molar-refractivity contribution in [1.82, 2.24) is 10.2 Å². The van der Waals surface area contributed by atoms with Crippen LogP contribution in [-0.4, -0.2) is 50.1 Å². The minimum atomic E-state index is -0.211. The van der Waals surface area contributed by atoms with E-state index in [-0.39, 0.29) is 18.0 Å². The van der Waals surface area contributed by atoms with Gasteiger partial charge in [-0.15, -0.1) is 0 Å². The minimum Gasteiger partial charge on any atom is -0.371 e. The van der Waals surface area contributed by atoms with Gasteiger partial charge in [0.05, 0.1) is 5.56 Å². The third kappa shape index (κ3) is 4.40. The summed E-state index contributed by atoms with van der Waals surface area (Å²) >= 11 is 0. The summed E-state index contributed by atoms with van der Waals surface area (Å²) in [7, 11) is 3.37. The van der Waals surface area contributed by atoms with E-state index in [9.17, 15) is 9.59 Å². The molecule has 24 heavy (non-hydrogen) atoms. The van der Waals surface area contributed by atoms with E-state index in [4.69, 9.17) is 0 Å². The largest absolute Gasteiger partial charge is 0.371 e.